The maximum atomic E-state index is 9.61. The Hall–Kier alpha value is -1.46. The molecular formula is C10H14O5. The first-order valence-electron chi connectivity index (χ1n) is 4.43. The van der Waals surface area contributed by atoms with Crippen LogP contribution in [0.15, 0.2) is 12.1 Å². The van der Waals surface area contributed by atoms with Crippen LogP contribution in [0.2, 0.25) is 0 Å². The summed E-state index contributed by atoms with van der Waals surface area (Å²) in [6, 6.07) is 2.33. The first-order valence-corrected chi connectivity index (χ1v) is 4.43. The molecule has 5 nitrogen and oxygen atoms in total. The topological polar surface area (TPSA) is 90.2 Å². The highest BCUT2D eigenvalue weighted by atomic mass is 16.5. The van der Waals surface area contributed by atoms with Gasteiger partial charge >= 0.3 is 0 Å². The predicted octanol–water partition coefficient (Wildman–Crippen LogP) is 0.521. The smallest absolute Gasteiger partial charge is 0.166 e. The third-order valence-electron chi connectivity index (χ3n) is 2.06. The number of rotatable bonds is 3. The van der Waals surface area contributed by atoms with Gasteiger partial charge in [0, 0.05) is 11.6 Å². The van der Waals surface area contributed by atoms with Crippen molar-refractivity contribution in [1.29, 1.82) is 0 Å². The quantitative estimate of drug-likeness (QED) is 0.589. The fraction of sp³-hybridized carbons (Fsp3) is 0.400. The number of ether oxygens (including phenoxy) is 1. The molecule has 0 aliphatic rings. The third-order valence-corrected chi connectivity index (χ3v) is 2.06. The highest BCUT2D eigenvalue weighted by molar-refractivity contribution is 5.51. The number of aliphatic hydroxyl groups excluding tert-OH is 2. The van der Waals surface area contributed by atoms with Crippen LogP contribution in [0, 0.1) is 0 Å². The van der Waals surface area contributed by atoms with Crippen LogP contribution in [0.25, 0.3) is 0 Å². The van der Waals surface area contributed by atoms with Gasteiger partial charge in [-0.25, -0.2) is 0 Å². The summed E-state index contributed by atoms with van der Waals surface area (Å²) in [5, 5.41) is 37.5. The molecule has 0 unspecified atom stereocenters. The fourth-order valence-electron chi connectivity index (χ4n) is 1.32. The van der Waals surface area contributed by atoms with Gasteiger partial charge in [-0.3, -0.25) is 0 Å². The van der Waals surface area contributed by atoms with E-state index in [0.717, 1.165) is 6.07 Å². The summed E-state index contributed by atoms with van der Waals surface area (Å²) in [5.41, 5.74) is 0.144. The minimum Gasteiger partial charge on any atom is -0.508 e. The van der Waals surface area contributed by atoms with E-state index in [-0.39, 0.29) is 22.8 Å². The van der Waals surface area contributed by atoms with Crippen molar-refractivity contribution in [3.05, 3.63) is 17.7 Å². The van der Waals surface area contributed by atoms with Crippen molar-refractivity contribution in [2.75, 3.05) is 7.11 Å². The molecule has 15 heavy (non-hydrogen) atoms. The molecule has 1 rings (SSSR count). The lowest BCUT2D eigenvalue weighted by molar-refractivity contribution is 0.0287. The highest BCUT2D eigenvalue weighted by Crippen LogP contribution is 2.38. The van der Waals surface area contributed by atoms with Crippen LogP contribution < -0.4 is 4.74 Å². The Bertz CT molecular complexity index is 348. The normalized spacial score (nSPS) is 14.7. The van der Waals surface area contributed by atoms with Crippen LogP contribution in [0.5, 0.6) is 17.2 Å². The van der Waals surface area contributed by atoms with Gasteiger partial charge in [0.25, 0.3) is 0 Å². The number of hydrogen-bond acceptors (Lipinski definition) is 5. The van der Waals surface area contributed by atoms with Gasteiger partial charge in [-0.15, -0.1) is 0 Å². The predicted molar refractivity (Wildman–Crippen MR) is 53.0 cm³/mol. The van der Waals surface area contributed by atoms with Crippen molar-refractivity contribution >= 4 is 0 Å². The number of aliphatic hydroxyl groups is 2. The van der Waals surface area contributed by atoms with E-state index in [9.17, 15) is 20.4 Å². The third kappa shape index (κ3) is 2.31. The first-order chi connectivity index (χ1) is 6.97. The zero-order valence-electron chi connectivity index (χ0n) is 8.51. The Morgan fingerprint density at radius 3 is 2.27 bits per heavy atom. The number of benzene rings is 1. The maximum absolute atomic E-state index is 9.61. The van der Waals surface area contributed by atoms with Crippen molar-refractivity contribution < 1.29 is 25.2 Å². The van der Waals surface area contributed by atoms with Crippen LogP contribution in [0.4, 0.5) is 0 Å². The molecule has 0 heterocycles. The van der Waals surface area contributed by atoms with Crippen molar-refractivity contribution in [2.45, 2.75) is 19.1 Å². The second-order valence-corrected chi connectivity index (χ2v) is 3.27. The summed E-state index contributed by atoms with van der Waals surface area (Å²) in [4.78, 5) is 0. The number of methoxy groups -OCH3 is 1. The molecule has 0 aliphatic heterocycles. The second-order valence-electron chi connectivity index (χ2n) is 3.27. The lowest BCUT2D eigenvalue weighted by Crippen LogP contribution is -2.14. The van der Waals surface area contributed by atoms with E-state index >= 15 is 0 Å². The average Bonchev–Trinajstić information content (AvgIpc) is 2.15. The van der Waals surface area contributed by atoms with Gasteiger partial charge in [-0.2, -0.15) is 0 Å². The lowest BCUT2D eigenvalue weighted by Gasteiger charge is -2.18. The summed E-state index contributed by atoms with van der Waals surface area (Å²) >= 11 is 0. The van der Waals surface area contributed by atoms with Crippen molar-refractivity contribution in [3.8, 4) is 17.2 Å². The fourth-order valence-corrected chi connectivity index (χ4v) is 1.32. The summed E-state index contributed by atoms with van der Waals surface area (Å²) in [5.74, 6) is -0.448. The summed E-state index contributed by atoms with van der Waals surface area (Å²) in [6.07, 6.45) is -2.25. The SMILES string of the molecule is COc1c(O)cc(O)cc1[C@@H](O)[C@H](C)O. The molecule has 0 radical (unpaired) electrons. The van der Waals surface area contributed by atoms with E-state index in [1.165, 1.54) is 20.1 Å². The molecule has 0 aliphatic carbocycles. The molecule has 84 valence electrons. The molecule has 0 saturated heterocycles. The summed E-state index contributed by atoms with van der Waals surface area (Å²) in [7, 11) is 1.32. The van der Waals surface area contributed by atoms with Crippen LogP contribution in [0.3, 0.4) is 0 Å². The number of hydrogen-bond donors (Lipinski definition) is 4. The summed E-state index contributed by atoms with van der Waals surface area (Å²) < 4.78 is 4.87. The van der Waals surface area contributed by atoms with Gasteiger partial charge in [0.15, 0.2) is 11.5 Å². The lowest BCUT2D eigenvalue weighted by atomic mass is 10.0. The van der Waals surface area contributed by atoms with E-state index in [1.54, 1.807) is 0 Å². The minimum absolute atomic E-state index is 0.0428. The van der Waals surface area contributed by atoms with Crippen LogP contribution in [-0.4, -0.2) is 33.6 Å². The van der Waals surface area contributed by atoms with E-state index in [4.69, 9.17) is 4.74 Å². The molecule has 0 bridgehead atoms. The number of phenols is 2. The molecule has 0 spiro atoms. The summed E-state index contributed by atoms with van der Waals surface area (Å²) in [6.45, 7) is 1.39. The largest absolute Gasteiger partial charge is 0.508 e. The van der Waals surface area contributed by atoms with Crippen molar-refractivity contribution in [2.24, 2.45) is 0 Å². The van der Waals surface area contributed by atoms with Gasteiger partial charge in [-0.05, 0) is 13.0 Å². The van der Waals surface area contributed by atoms with Gasteiger partial charge in [0.05, 0.1) is 13.2 Å². The van der Waals surface area contributed by atoms with Gasteiger partial charge < -0.3 is 25.2 Å². The molecule has 4 N–H and O–H groups in total. The Balaban J connectivity index is 3.26. The van der Waals surface area contributed by atoms with E-state index in [1.807, 2.05) is 0 Å². The van der Waals surface area contributed by atoms with Crippen molar-refractivity contribution in [3.63, 3.8) is 0 Å². The zero-order chi connectivity index (χ0) is 11.6. The number of aromatic hydroxyl groups is 2. The minimum atomic E-state index is -1.22. The molecule has 0 amide bonds. The van der Waals surface area contributed by atoms with Gasteiger partial charge in [-0.1, -0.05) is 0 Å². The molecule has 1 aromatic carbocycles. The van der Waals surface area contributed by atoms with Crippen LogP contribution in [-0.2, 0) is 0 Å². The molecule has 1 aromatic rings. The molecular weight excluding hydrogens is 200 g/mol. The average molecular weight is 214 g/mol. The van der Waals surface area contributed by atoms with E-state index in [2.05, 4.69) is 0 Å². The Labute approximate surface area is 87.2 Å². The molecule has 0 aromatic heterocycles. The monoisotopic (exact) mass is 214 g/mol. The highest BCUT2D eigenvalue weighted by Gasteiger charge is 2.21. The van der Waals surface area contributed by atoms with E-state index < -0.39 is 12.2 Å². The Kier molecular flexibility index (Phi) is 3.39. The molecule has 5 heteroatoms. The number of phenolic OH excluding ortho intramolecular Hbond substituents is 2. The van der Waals surface area contributed by atoms with Crippen molar-refractivity contribution in [1.82, 2.24) is 0 Å². The van der Waals surface area contributed by atoms with Crippen LogP contribution in [0.1, 0.15) is 18.6 Å². The standard InChI is InChI=1S/C10H14O5/c1-5(11)9(14)7-3-6(12)4-8(13)10(7)15-2/h3-5,9,11-14H,1-2H3/t5-,9-/m0/s1. The molecule has 2 atom stereocenters. The second kappa shape index (κ2) is 4.37. The Morgan fingerprint density at radius 1 is 1.20 bits per heavy atom. The first kappa shape index (κ1) is 11.6. The van der Waals surface area contributed by atoms with Gasteiger partial charge in [0.1, 0.15) is 11.9 Å². The maximum Gasteiger partial charge on any atom is 0.166 e. The van der Waals surface area contributed by atoms with E-state index in [0.29, 0.717) is 0 Å². The molecule has 0 fully saturated rings. The van der Waals surface area contributed by atoms with Gasteiger partial charge in [0.2, 0.25) is 0 Å². The Morgan fingerprint density at radius 2 is 1.80 bits per heavy atom. The molecule has 0 saturated carbocycles. The zero-order valence-corrected chi connectivity index (χ0v) is 8.51. The van der Waals surface area contributed by atoms with Crippen LogP contribution >= 0.6 is 0 Å².